The number of hydrogen-bond donors (Lipinski definition) is 2. The number of halogens is 3. The van der Waals surface area contributed by atoms with E-state index in [1.54, 1.807) is 12.4 Å². The van der Waals surface area contributed by atoms with Gasteiger partial charge in [-0.05, 0) is 80.6 Å². The van der Waals surface area contributed by atoms with Crippen LogP contribution in [0.3, 0.4) is 0 Å². The van der Waals surface area contributed by atoms with E-state index in [2.05, 4.69) is 65.9 Å². The Kier molecular flexibility index (Phi) is 9.10. The van der Waals surface area contributed by atoms with Gasteiger partial charge >= 0.3 is 0 Å². The molecule has 2 rings (SSSR count). The van der Waals surface area contributed by atoms with E-state index in [4.69, 9.17) is 5.73 Å². The topological polar surface area (TPSA) is 75.1 Å². The van der Waals surface area contributed by atoms with Crippen LogP contribution in [0.15, 0.2) is 63.8 Å². The average molecular weight is 554 g/mol. The molecule has 0 saturated heterocycles. The molecular formula is C15H14ClI2N5. The Labute approximate surface area is 168 Å². The van der Waals surface area contributed by atoms with Crippen molar-refractivity contribution in [1.82, 2.24) is 5.43 Å². The Hall–Kier alpha value is -1.20. The number of hydrazone groups is 1. The van der Waals surface area contributed by atoms with Gasteiger partial charge in [-0.2, -0.15) is 10.2 Å². The molecule has 3 N–H and O–H groups in total. The minimum atomic E-state index is 0. The second kappa shape index (κ2) is 10.6. The lowest BCUT2D eigenvalue weighted by Crippen LogP contribution is -2.26. The third-order valence-electron chi connectivity index (χ3n) is 2.51. The van der Waals surface area contributed by atoms with Crippen molar-refractivity contribution in [3.05, 3.63) is 66.8 Å². The first-order valence-electron chi connectivity index (χ1n) is 6.30. The zero-order valence-electron chi connectivity index (χ0n) is 11.9. The van der Waals surface area contributed by atoms with Crippen LogP contribution in [0.25, 0.3) is 0 Å². The molecular weight excluding hydrogens is 539 g/mol. The van der Waals surface area contributed by atoms with Crippen molar-refractivity contribution in [1.29, 1.82) is 0 Å². The van der Waals surface area contributed by atoms with Gasteiger partial charge in [0.25, 0.3) is 0 Å². The second-order valence-electron chi connectivity index (χ2n) is 4.20. The average Bonchev–Trinajstić information content (AvgIpc) is 2.51. The SMILES string of the molecule is Cl.N/C(=N/N=C/c1ccc(I)cc1)N/N=C/c1ccc(I)cc1. The smallest absolute Gasteiger partial charge is 0.234 e. The van der Waals surface area contributed by atoms with Crippen molar-refractivity contribution in [2.24, 2.45) is 21.0 Å². The van der Waals surface area contributed by atoms with Gasteiger partial charge in [-0.25, -0.2) is 5.43 Å². The maximum absolute atomic E-state index is 5.66. The van der Waals surface area contributed by atoms with Gasteiger partial charge in [0, 0.05) is 7.14 Å². The van der Waals surface area contributed by atoms with E-state index in [1.165, 1.54) is 7.14 Å². The van der Waals surface area contributed by atoms with Crippen molar-refractivity contribution in [2.75, 3.05) is 0 Å². The molecule has 0 radical (unpaired) electrons. The molecule has 0 heterocycles. The van der Waals surface area contributed by atoms with Crippen LogP contribution in [0, 0.1) is 7.14 Å². The van der Waals surface area contributed by atoms with Crippen LogP contribution < -0.4 is 11.2 Å². The maximum atomic E-state index is 5.66. The number of benzene rings is 2. The van der Waals surface area contributed by atoms with Gasteiger partial charge in [-0.1, -0.05) is 24.3 Å². The van der Waals surface area contributed by atoms with Crippen LogP contribution in [0.5, 0.6) is 0 Å². The third-order valence-corrected chi connectivity index (χ3v) is 3.94. The van der Waals surface area contributed by atoms with E-state index < -0.39 is 0 Å². The monoisotopic (exact) mass is 553 g/mol. The summed E-state index contributed by atoms with van der Waals surface area (Å²) in [6.45, 7) is 0. The molecule has 8 heteroatoms. The Morgan fingerprint density at radius 3 is 1.87 bits per heavy atom. The Morgan fingerprint density at radius 2 is 1.35 bits per heavy atom. The van der Waals surface area contributed by atoms with Crippen LogP contribution in [-0.2, 0) is 0 Å². The molecule has 0 aromatic heterocycles. The van der Waals surface area contributed by atoms with E-state index in [-0.39, 0.29) is 18.4 Å². The molecule has 120 valence electrons. The molecule has 0 saturated carbocycles. The van der Waals surface area contributed by atoms with Crippen molar-refractivity contribution in [3.8, 4) is 0 Å². The van der Waals surface area contributed by atoms with E-state index in [0.717, 1.165) is 11.1 Å². The highest BCUT2D eigenvalue weighted by atomic mass is 127. The summed E-state index contributed by atoms with van der Waals surface area (Å²) in [4.78, 5) is 0. The zero-order chi connectivity index (χ0) is 15.8. The van der Waals surface area contributed by atoms with Crippen LogP contribution >= 0.6 is 57.6 Å². The van der Waals surface area contributed by atoms with Crippen molar-refractivity contribution in [2.45, 2.75) is 0 Å². The first-order valence-corrected chi connectivity index (χ1v) is 8.46. The zero-order valence-corrected chi connectivity index (χ0v) is 17.0. The van der Waals surface area contributed by atoms with Crippen LogP contribution in [0.2, 0.25) is 0 Å². The minimum Gasteiger partial charge on any atom is -0.367 e. The molecule has 0 unspecified atom stereocenters. The van der Waals surface area contributed by atoms with Gasteiger partial charge in [0.2, 0.25) is 5.96 Å². The molecule has 0 atom stereocenters. The Balaban J connectivity index is 0.00000264. The predicted molar refractivity (Wildman–Crippen MR) is 116 cm³/mol. The first kappa shape index (κ1) is 19.8. The van der Waals surface area contributed by atoms with Gasteiger partial charge in [-0.3, -0.25) is 0 Å². The normalized spacial score (nSPS) is 11.7. The number of guanidine groups is 1. The molecule has 5 nitrogen and oxygen atoms in total. The van der Waals surface area contributed by atoms with Gasteiger partial charge in [0.05, 0.1) is 12.4 Å². The molecule has 0 aliphatic heterocycles. The van der Waals surface area contributed by atoms with E-state index in [0.29, 0.717) is 0 Å². The molecule has 0 spiro atoms. The molecule has 0 aliphatic carbocycles. The summed E-state index contributed by atoms with van der Waals surface area (Å²) in [5.74, 6) is 0.128. The van der Waals surface area contributed by atoms with Gasteiger partial charge in [-0.15, -0.1) is 17.5 Å². The van der Waals surface area contributed by atoms with Crippen molar-refractivity contribution in [3.63, 3.8) is 0 Å². The number of rotatable bonds is 4. The highest BCUT2D eigenvalue weighted by Gasteiger charge is 1.90. The van der Waals surface area contributed by atoms with Gasteiger partial charge in [0.1, 0.15) is 0 Å². The summed E-state index contributed by atoms with van der Waals surface area (Å²) in [5, 5.41) is 11.7. The lowest BCUT2D eigenvalue weighted by Gasteiger charge is -1.96. The highest BCUT2D eigenvalue weighted by molar-refractivity contribution is 14.1. The quantitative estimate of drug-likeness (QED) is 0.263. The fourth-order valence-electron chi connectivity index (χ4n) is 1.45. The first-order chi connectivity index (χ1) is 10.6. The van der Waals surface area contributed by atoms with Gasteiger partial charge < -0.3 is 5.73 Å². The summed E-state index contributed by atoms with van der Waals surface area (Å²) in [6, 6.07) is 15.9. The summed E-state index contributed by atoms with van der Waals surface area (Å²) in [5.41, 5.74) is 10.2. The molecule has 0 bridgehead atoms. The summed E-state index contributed by atoms with van der Waals surface area (Å²) in [7, 11) is 0. The second-order valence-corrected chi connectivity index (χ2v) is 6.69. The van der Waals surface area contributed by atoms with E-state index >= 15 is 0 Å². The van der Waals surface area contributed by atoms with E-state index in [9.17, 15) is 0 Å². The third kappa shape index (κ3) is 7.75. The highest BCUT2D eigenvalue weighted by Crippen LogP contribution is 2.05. The van der Waals surface area contributed by atoms with Crippen LogP contribution in [0.4, 0.5) is 0 Å². The fourth-order valence-corrected chi connectivity index (χ4v) is 2.17. The molecule has 2 aromatic carbocycles. The molecule has 23 heavy (non-hydrogen) atoms. The largest absolute Gasteiger partial charge is 0.367 e. The van der Waals surface area contributed by atoms with Gasteiger partial charge in [0.15, 0.2) is 0 Å². The number of nitrogens with one attached hydrogen (secondary N) is 1. The maximum Gasteiger partial charge on any atom is 0.234 e. The minimum absolute atomic E-state index is 0. The number of nitrogens with zero attached hydrogens (tertiary/aromatic N) is 3. The fraction of sp³-hybridized carbons (Fsp3) is 0. The molecule has 0 amide bonds. The summed E-state index contributed by atoms with van der Waals surface area (Å²) in [6.07, 6.45) is 3.30. The lowest BCUT2D eigenvalue weighted by molar-refractivity contribution is 0.994. The van der Waals surface area contributed by atoms with Crippen LogP contribution in [-0.4, -0.2) is 18.4 Å². The number of nitrogens with two attached hydrogens (primary N) is 1. The number of hydrogen-bond acceptors (Lipinski definition) is 3. The van der Waals surface area contributed by atoms with Crippen molar-refractivity contribution >= 4 is 76.0 Å². The Bertz CT molecular complexity index is 697. The van der Waals surface area contributed by atoms with E-state index in [1.807, 2.05) is 48.5 Å². The Morgan fingerprint density at radius 1 is 0.870 bits per heavy atom. The predicted octanol–water partition coefficient (Wildman–Crippen LogP) is 3.59. The van der Waals surface area contributed by atoms with Crippen LogP contribution in [0.1, 0.15) is 11.1 Å². The molecule has 0 aliphatic rings. The lowest BCUT2D eigenvalue weighted by atomic mass is 10.2. The standard InChI is InChI=1S/C15H13I2N5.ClH/c16-13-5-1-11(2-6-13)9-19-21-15(18)22-20-10-12-3-7-14(17)8-4-12;/h1-10H,(H3,18,21,22);1H/b19-9+,20-10+;. The van der Waals surface area contributed by atoms with Crippen molar-refractivity contribution < 1.29 is 0 Å². The summed E-state index contributed by atoms with van der Waals surface area (Å²) >= 11 is 4.50. The molecule has 0 fully saturated rings. The summed E-state index contributed by atoms with van der Waals surface area (Å²) < 4.78 is 2.35. The molecule has 2 aromatic rings.